The molecule has 0 aliphatic carbocycles. The Morgan fingerprint density at radius 1 is 1.28 bits per heavy atom. The van der Waals surface area contributed by atoms with Crippen LogP contribution < -0.4 is 10.1 Å². The average molecular weight is 404 g/mol. The van der Waals surface area contributed by atoms with E-state index in [-0.39, 0.29) is 12.5 Å². The van der Waals surface area contributed by atoms with Gasteiger partial charge in [0.05, 0.1) is 12.2 Å². The molecule has 3 rings (SSSR count). The summed E-state index contributed by atoms with van der Waals surface area (Å²) in [4.78, 5) is 4.27. The molecule has 0 spiro atoms. The van der Waals surface area contributed by atoms with Gasteiger partial charge in [-0.05, 0) is 30.3 Å². The molecule has 1 aromatic carbocycles. The molecule has 128 valence electrons. The molecule has 2 heterocycles. The van der Waals surface area contributed by atoms with Crippen LogP contribution >= 0.6 is 15.9 Å². The molecular formula is C17H14BrN3O4. The van der Waals surface area contributed by atoms with Crippen LogP contribution in [0.4, 0.5) is 5.82 Å². The highest BCUT2D eigenvalue weighted by molar-refractivity contribution is 9.10. The van der Waals surface area contributed by atoms with Crippen molar-refractivity contribution >= 4 is 21.7 Å². The molecule has 0 fully saturated rings. The van der Waals surface area contributed by atoms with Crippen molar-refractivity contribution < 1.29 is 19.3 Å². The SMILES string of the molecule is N#Cc1ccc(NCCO)nc1Oc1ccc(Br)c(C2OC=CO2)c1. The second-order valence-electron chi connectivity index (χ2n) is 4.97. The normalized spacial score (nSPS) is 13.0. The van der Waals surface area contributed by atoms with Crippen molar-refractivity contribution in [1.29, 1.82) is 5.26 Å². The minimum absolute atomic E-state index is 0.0244. The maximum Gasteiger partial charge on any atom is 0.267 e. The second kappa shape index (κ2) is 7.88. The van der Waals surface area contributed by atoms with E-state index < -0.39 is 6.29 Å². The third-order valence-corrected chi connectivity index (χ3v) is 4.02. The third-order valence-electron chi connectivity index (χ3n) is 3.29. The van der Waals surface area contributed by atoms with Crippen molar-refractivity contribution in [2.75, 3.05) is 18.5 Å². The molecule has 2 N–H and O–H groups in total. The molecule has 0 saturated heterocycles. The fraction of sp³-hybridized carbons (Fsp3) is 0.176. The van der Waals surface area contributed by atoms with Crippen molar-refractivity contribution in [3.05, 3.63) is 58.5 Å². The van der Waals surface area contributed by atoms with Gasteiger partial charge >= 0.3 is 0 Å². The molecule has 8 heteroatoms. The van der Waals surface area contributed by atoms with Crippen LogP contribution in [0.2, 0.25) is 0 Å². The highest BCUT2D eigenvalue weighted by Gasteiger charge is 2.20. The van der Waals surface area contributed by atoms with Crippen molar-refractivity contribution in [3.63, 3.8) is 0 Å². The Hall–Kier alpha value is -2.76. The van der Waals surface area contributed by atoms with E-state index in [1.807, 2.05) is 6.07 Å². The number of aliphatic hydroxyl groups excluding tert-OH is 1. The molecule has 0 radical (unpaired) electrons. The zero-order chi connectivity index (χ0) is 17.6. The number of aliphatic hydroxyl groups is 1. The van der Waals surface area contributed by atoms with E-state index in [1.165, 1.54) is 12.5 Å². The van der Waals surface area contributed by atoms with E-state index >= 15 is 0 Å². The predicted octanol–water partition coefficient (Wildman–Crippen LogP) is 3.43. The van der Waals surface area contributed by atoms with Crippen molar-refractivity contribution in [2.45, 2.75) is 6.29 Å². The van der Waals surface area contributed by atoms with E-state index in [0.29, 0.717) is 23.7 Å². The Morgan fingerprint density at radius 2 is 2.08 bits per heavy atom. The van der Waals surface area contributed by atoms with Gasteiger partial charge in [-0.25, -0.2) is 0 Å². The molecule has 25 heavy (non-hydrogen) atoms. The van der Waals surface area contributed by atoms with Crippen LogP contribution in [-0.2, 0) is 9.47 Å². The van der Waals surface area contributed by atoms with Gasteiger partial charge in [-0.3, -0.25) is 0 Å². The first-order chi connectivity index (χ1) is 12.2. The van der Waals surface area contributed by atoms with E-state index in [1.54, 1.807) is 30.3 Å². The van der Waals surface area contributed by atoms with Crippen LogP contribution in [0.25, 0.3) is 0 Å². The van der Waals surface area contributed by atoms with Gasteiger partial charge in [-0.15, -0.1) is 0 Å². The third kappa shape index (κ3) is 4.02. The van der Waals surface area contributed by atoms with Crippen LogP contribution in [0.1, 0.15) is 17.4 Å². The first-order valence-corrected chi connectivity index (χ1v) is 8.19. The van der Waals surface area contributed by atoms with Crippen molar-refractivity contribution in [1.82, 2.24) is 4.98 Å². The summed E-state index contributed by atoms with van der Waals surface area (Å²) >= 11 is 3.45. The first kappa shape index (κ1) is 17.1. The van der Waals surface area contributed by atoms with Gasteiger partial charge in [0.1, 0.15) is 35.7 Å². The maximum absolute atomic E-state index is 9.25. The quantitative estimate of drug-likeness (QED) is 0.762. The standard InChI is InChI=1S/C17H14BrN3O4/c18-14-3-2-12(9-13(14)17-23-7-8-24-17)25-16-11(10-19)1-4-15(21-16)20-5-6-22/h1-4,7-9,17,22H,5-6H2,(H,20,21). The van der Waals surface area contributed by atoms with Gasteiger partial charge in [0.2, 0.25) is 5.88 Å². The molecule has 0 unspecified atom stereocenters. The summed E-state index contributed by atoms with van der Waals surface area (Å²) in [7, 11) is 0. The molecule has 7 nitrogen and oxygen atoms in total. The van der Waals surface area contributed by atoms with Gasteiger partial charge < -0.3 is 24.6 Å². The number of nitrogens with one attached hydrogen (secondary N) is 1. The summed E-state index contributed by atoms with van der Waals surface area (Å²) in [5.74, 6) is 1.16. The molecule has 1 aliphatic rings. The number of ether oxygens (including phenoxy) is 3. The zero-order valence-corrected chi connectivity index (χ0v) is 14.6. The van der Waals surface area contributed by atoms with Crippen LogP contribution in [0.3, 0.4) is 0 Å². The summed E-state index contributed by atoms with van der Waals surface area (Å²) in [6.45, 7) is 0.327. The molecule has 0 saturated carbocycles. The number of aromatic nitrogens is 1. The number of hydrogen-bond acceptors (Lipinski definition) is 7. The van der Waals surface area contributed by atoms with Gasteiger partial charge in [-0.2, -0.15) is 10.2 Å². The van der Waals surface area contributed by atoms with Crippen LogP contribution in [-0.4, -0.2) is 23.2 Å². The predicted molar refractivity (Wildman–Crippen MR) is 92.8 cm³/mol. The van der Waals surface area contributed by atoms with Gasteiger partial charge in [0.25, 0.3) is 6.29 Å². The minimum atomic E-state index is -0.557. The number of nitrogens with zero attached hydrogens (tertiary/aromatic N) is 2. The lowest BCUT2D eigenvalue weighted by molar-refractivity contribution is -0.0252. The summed E-state index contributed by atoms with van der Waals surface area (Å²) in [6, 6.07) is 10.6. The second-order valence-corrected chi connectivity index (χ2v) is 5.83. The average Bonchev–Trinajstić information content (AvgIpc) is 3.16. The number of benzene rings is 1. The monoisotopic (exact) mass is 403 g/mol. The number of anilines is 1. The smallest absolute Gasteiger partial charge is 0.267 e. The number of halogens is 1. The number of pyridine rings is 1. The fourth-order valence-corrected chi connectivity index (χ4v) is 2.58. The van der Waals surface area contributed by atoms with E-state index in [4.69, 9.17) is 19.3 Å². The molecule has 0 atom stereocenters. The van der Waals surface area contributed by atoms with Crippen LogP contribution in [0, 0.1) is 11.3 Å². The molecule has 2 aromatic rings. The van der Waals surface area contributed by atoms with Crippen LogP contribution in [0.5, 0.6) is 11.6 Å². The van der Waals surface area contributed by atoms with Gasteiger partial charge in [0, 0.05) is 11.0 Å². The number of nitriles is 1. The summed E-state index contributed by atoms with van der Waals surface area (Å²) in [5.41, 5.74) is 1.05. The minimum Gasteiger partial charge on any atom is -0.455 e. The lowest BCUT2D eigenvalue weighted by Crippen LogP contribution is -2.07. The Labute approximate surface area is 152 Å². The summed E-state index contributed by atoms with van der Waals surface area (Å²) in [6.07, 6.45) is 2.38. The Bertz CT molecular complexity index is 827. The number of hydrogen-bond donors (Lipinski definition) is 2. The van der Waals surface area contributed by atoms with E-state index in [0.717, 1.165) is 10.0 Å². The lowest BCUT2D eigenvalue weighted by atomic mass is 10.2. The van der Waals surface area contributed by atoms with Crippen molar-refractivity contribution in [3.8, 4) is 17.7 Å². The molecule has 0 bridgehead atoms. The van der Waals surface area contributed by atoms with E-state index in [9.17, 15) is 5.26 Å². The van der Waals surface area contributed by atoms with E-state index in [2.05, 4.69) is 26.2 Å². The summed E-state index contributed by atoms with van der Waals surface area (Å²) in [5, 5.41) is 21.1. The molecule has 1 aliphatic heterocycles. The highest BCUT2D eigenvalue weighted by atomic mass is 79.9. The first-order valence-electron chi connectivity index (χ1n) is 7.40. The Kier molecular flexibility index (Phi) is 5.38. The van der Waals surface area contributed by atoms with Gasteiger partial charge in [-0.1, -0.05) is 15.9 Å². The van der Waals surface area contributed by atoms with Crippen molar-refractivity contribution in [2.24, 2.45) is 0 Å². The fourth-order valence-electron chi connectivity index (χ4n) is 2.15. The topological polar surface area (TPSA) is 96.6 Å². The molecule has 1 aromatic heterocycles. The Balaban J connectivity index is 1.86. The summed E-state index contributed by atoms with van der Waals surface area (Å²) < 4.78 is 17.3. The highest BCUT2D eigenvalue weighted by Crippen LogP contribution is 2.34. The number of rotatable bonds is 6. The molecular weight excluding hydrogens is 390 g/mol. The van der Waals surface area contributed by atoms with Gasteiger partial charge in [0.15, 0.2) is 0 Å². The largest absolute Gasteiger partial charge is 0.455 e. The lowest BCUT2D eigenvalue weighted by Gasteiger charge is -2.14. The zero-order valence-electron chi connectivity index (χ0n) is 13.0. The molecule has 0 amide bonds. The van der Waals surface area contributed by atoms with Crippen LogP contribution in [0.15, 0.2) is 47.3 Å². The maximum atomic E-state index is 9.25. The Morgan fingerprint density at radius 3 is 2.80 bits per heavy atom.